The van der Waals surface area contributed by atoms with Crippen molar-refractivity contribution in [2.24, 2.45) is 0 Å². The van der Waals surface area contributed by atoms with Crippen molar-refractivity contribution in [1.82, 2.24) is 4.90 Å². The van der Waals surface area contributed by atoms with Crippen LogP contribution in [-0.4, -0.2) is 36.7 Å². The molecule has 0 aromatic rings. The summed E-state index contributed by atoms with van der Waals surface area (Å²) < 4.78 is 5.44. The third kappa shape index (κ3) is 1.32. The minimum absolute atomic E-state index is 0.467. The average Bonchev–Trinajstić information content (AvgIpc) is 2.68. The van der Waals surface area contributed by atoms with E-state index in [1.54, 1.807) is 0 Å². The molecule has 2 heteroatoms. The van der Waals surface area contributed by atoms with E-state index < -0.39 is 0 Å². The van der Waals surface area contributed by atoms with Crippen LogP contribution in [0.25, 0.3) is 0 Å². The topological polar surface area (TPSA) is 12.5 Å². The number of morpholine rings is 1. The van der Waals surface area contributed by atoms with Gasteiger partial charge in [0.15, 0.2) is 0 Å². The SMILES string of the molecule is CC1CN(C2CC2)CCO1. The average molecular weight is 141 g/mol. The molecule has 0 spiro atoms. The van der Waals surface area contributed by atoms with E-state index in [4.69, 9.17) is 4.74 Å². The van der Waals surface area contributed by atoms with Gasteiger partial charge < -0.3 is 4.74 Å². The van der Waals surface area contributed by atoms with Gasteiger partial charge in [0.25, 0.3) is 0 Å². The first-order valence-corrected chi connectivity index (χ1v) is 4.22. The molecule has 58 valence electrons. The second-order valence-corrected chi connectivity index (χ2v) is 3.41. The maximum Gasteiger partial charge on any atom is 0.0674 e. The van der Waals surface area contributed by atoms with Gasteiger partial charge >= 0.3 is 0 Å². The van der Waals surface area contributed by atoms with Crippen LogP contribution in [0.5, 0.6) is 0 Å². The van der Waals surface area contributed by atoms with Crippen molar-refractivity contribution >= 4 is 0 Å². The van der Waals surface area contributed by atoms with Gasteiger partial charge in [0.2, 0.25) is 0 Å². The minimum atomic E-state index is 0.467. The molecule has 0 amide bonds. The Kier molecular flexibility index (Phi) is 1.66. The largest absolute Gasteiger partial charge is 0.376 e. The normalized spacial score (nSPS) is 36.3. The molecule has 1 aliphatic carbocycles. The summed E-state index contributed by atoms with van der Waals surface area (Å²) in [6.45, 7) is 5.42. The summed E-state index contributed by atoms with van der Waals surface area (Å²) in [4.78, 5) is 2.56. The quantitative estimate of drug-likeness (QED) is 0.537. The Morgan fingerprint density at radius 3 is 2.80 bits per heavy atom. The Balaban J connectivity index is 1.84. The molecule has 2 nitrogen and oxygen atoms in total. The van der Waals surface area contributed by atoms with Gasteiger partial charge in [0.05, 0.1) is 12.7 Å². The van der Waals surface area contributed by atoms with Crippen LogP contribution >= 0.6 is 0 Å². The van der Waals surface area contributed by atoms with Crippen LogP contribution in [0.15, 0.2) is 0 Å². The third-order valence-electron chi connectivity index (χ3n) is 2.34. The molecule has 0 radical (unpaired) electrons. The van der Waals surface area contributed by atoms with Gasteiger partial charge in [-0.05, 0) is 19.8 Å². The fourth-order valence-corrected chi connectivity index (χ4v) is 1.62. The van der Waals surface area contributed by atoms with Gasteiger partial charge in [-0.1, -0.05) is 0 Å². The molecule has 2 fully saturated rings. The molecule has 10 heavy (non-hydrogen) atoms. The van der Waals surface area contributed by atoms with Gasteiger partial charge in [-0.2, -0.15) is 0 Å². The Morgan fingerprint density at radius 1 is 1.40 bits per heavy atom. The summed E-state index contributed by atoms with van der Waals surface area (Å²) in [5.41, 5.74) is 0. The van der Waals surface area contributed by atoms with Gasteiger partial charge in [-0.3, -0.25) is 4.90 Å². The lowest BCUT2D eigenvalue weighted by Gasteiger charge is -2.30. The highest BCUT2D eigenvalue weighted by atomic mass is 16.5. The van der Waals surface area contributed by atoms with Crippen LogP contribution < -0.4 is 0 Å². The number of hydrogen-bond acceptors (Lipinski definition) is 2. The van der Waals surface area contributed by atoms with Crippen LogP contribution in [0.3, 0.4) is 0 Å². The lowest BCUT2D eigenvalue weighted by atomic mass is 10.3. The molecule has 1 atom stereocenters. The fraction of sp³-hybridized carbons (Fsp3) is 1.00. The van der Waals surface area contributed by atoms with Gasteiger partial charge in [-0.15, -0.1) is 0 Å². The summed E-state index contributed by atoms with van der Waals surface area (Å²) in [5, 5.41) is 0. The van der Waals surface area contributed by atoms with E-state index in [0.29, 0.717) is 6.10 Å². The number of hydrogen-bond donors (Lipinski definition) is 0. The van der Waals surface area contributed by atoms with Crippen molar-refractivity contribution in [2.45, 2.75) is 31.9 Å². The lowest BCUT2D eigenvalue weighted by Crippen LogP contribution is -2.42. The first-order chi connectivity index (χ1) is 4.86. The van der Waals surface area contributed by atoms with E-state index in [-0.39, 0.29) is 0 Å². The van der Waals surface area contributed by atoms with E-state index in [0.717, 1.165) is 25.7 Å². The standard InChI is InChI=1S/C8H15NO/c1-7-6-9(4-5-10-7)8-2-3-8/h7-8H,2-6H2,1H3. The summed E-state index contributed by atoms with van der Waals surface area (Å²) in [6.07, 6.45) is 3.31. The molecule has 0 aromatic carbocycles. The Bertz CT molecular complexity index is 122. The number of rotatable bonds is 1. The number of nitrogens with zero attached hydrogens (tertiary/aromatic N) is 1. The molecule has 1 aliphatic heterocycles. The van der Waals surface area contributed by atoms with Crippen molar-refractivity contribution < 1.29 is 4.74 Å². The molecule has 1 unspecified atom stereocenters. The predicted octanol–water partition coefficient (Wildman–Crippen LogP) is 0.869. The van der Waals surface area contributed by atoms with Crippen LogP contribution in [0.1, 0.15) is 19.8 Å². The highest BCUT2D eigenvalue weighted by molar-refractivity contribution is 4.86. The smallest absolute Gasteiger partial charge is 0.0674 e. The minimum Gasteiger partial charge on any atom is -0.376 e. The Morgan fingerprint density at radius 2 is 2.20 bits per heavy atom. The van der Waals surface area contributed by atoms with Crippen LogP contribution in [0.4, 0.5) is 0 Å². The molecule has 0 bridgehead atoms. The fourth-order valence-electron chi connectivity index (χ4n) is 1.62. The molecule has 2 rings (SSSR count). The maximum atomic E-state index is 5.44. The molecule has 0 N–H and O–H groups in total. The van der Waals surface area contributed by atoms with Crippen molar-refractivity contribution in [3.8, 4) is 0 Å². The van der Waals surface area contributed by atoms with Crippen LogP contribution in [-0.2, 0) is 4.74 Å². The molecular weight excluding hydrogens is 126 g/mol. The number of ether oxygens (including phenoxy) is 1. The second-order valence-electron chi connectivity index (χ2n) is 3.41. The highest BCUT2D eigenvalue weighted by Crippen LogP contribution is 2.27. The first-order valence-electron chi connectivity index (χ1n) is 4.22. The molecule has 1 saturated heterocycles. The zero-order valence-electron chi connectivity index (χ0n) is 6.55. The zero-order valence-corrected chi connectivity index (χ0v) is 6.55. The van der Waals surface area contributed by atoms with E-state index in [1.807, 2.05) is 0 Å². The maximum absolute atomic E-state index is 5.44. The van der Waals surface area contributed by atoms with Gasteiger partial charge in [0, 0.05) is 19.1 Å². The van der Waals surface area contributed by atoms with E-state index >= 15 is 0 Å². The third-order valence-corrected chi connectivity index (χ3v) is 2.34. The van der Waals surface area contributed by atoms with Gasteiger partial charge in [0.1, 0.15) is 0 Å². The van der Waals surface area contributed by atoms with E-state index in [9.17, 15) is 0 Å². The summed E-state index contributed by atoms with van der Waals surface area (Å²) >= 11 is 0. The monoisotopic (exact) mass is 141 g/mol. The van der Waals surface area contributed by atoms with Gasteiger partial charge in [-0.25, -0.2) is 0 Å². The van der Waals surface area contributed by atoms with Crippen molar-refractivity contribution in [3.63, 3.8) is 0 Å². The van der Waals surface area contributed by atoms with E-state index in [2.05, 4.69) is 11.8 Å². The predicted molar refractivity (Wildman–Crippen MR) is 40.0 cm³/mol. The Hall–Kier alpha value is -0.0800. The lowest BCUT2D eigenvalue weighted by molar-refractivity contribution is -0.0213. The van der Waals surface area contributed by atoms with Crippen molar-refractivity contribution in [3.05, 3.63) is 0 Å². The molecular formula is C8H15NO. The molecule has 1 heterocycles. The second kappa shape index (κ2) is 2.51. The Labute approximate surface area is 62.2 Å². The zero-order chi connectivity index (χ0) is 6.97. The van der Waals surface area contributed by atoms with Crippen LogP contribution in [0.2, 0.25) is 0 Å². The summed E-state index contributed by atoms with van der Waals surface area (Å²) in [6, 6.07) is 0.923. The van der Waals surface area contributed by atoms with Crippen LogP contribution in [0, 0.1) is 0 Å². The summed E-state index contributed by atoms with van der Waals surface area (Å²) in [7, 11) is 0. The molecule has 1 saturated carbocycles. The van der Waals surface area contributed by atoms with Crippen molar-refractivity contribution in [1.29, 1.82) is 0 Å². The highest BCUT2D eigenvalue weighted by Gasteiger charge is 2.31. The first kappa shape index (κ1) is 6.62. The van der Waals surface area contributed by atoms with Crippen molar-refractivity contribution in [2.75, 3.05) is 19.7 Å². The van der Waals surface area contributed by atoms with E-state index in [1.165, 1.54) is 12.8 Å². The molecule has 2 aliphatic rings. The molecule has 0 aromatic heterocycles. The summed E-state index contributed by atoms with van der Waals surface area (Å²) in [5.74, 6) is 0.